The van der Waals surface area contributed by atoms with Crippen molar-refractivity contribution in [2.45, 2.75) is 54.8 Å². The minimum Gasteiger partial charge on any atom is -0.460 e. The molecule has 9 atom stereocenters. The third-order valence-corrected chi connectivity index (χ3v) is 10.1. The van der Waals surface area contributed by atoms with Gasteiger partial charge in [0.05, 0.1) is 66.1 Å². The van der Waals surface area contributed by atoms with Crippen molar-refractivity contribution >= 4 is 47.8 Å². The molecule has 0 aliphatic carbocycles. The summed E-state index contributed by atoms with van der Waals surface area (Å²) in [5.41, 5.74) is 0. The third-order valence-electron chi connectivity index (χ3n) is 10.1. The first kappa shape index (κ1) is 68.3. The van der Waals surface area contributed by atoms with Crippen LogP contribution in [0.5, 0.6) is 0 Å². The molecule has 0 bridgehead atoms. The van der Waals surface area contributed by atoms with E-state index in [9.17, 15) is 38.4 Å². The molecule has 0 N–H and O–H groups in total. The van der Waals surface area contributed by atoms with E-state index in [0.717, 1.165) is 48.6 Å². The highest BCUT2D eigenvalue weighted by atomic mass is 16.8. The molecule has 2 heterocycles. The lowest BCUT2D eigenvalue weighted by atomic mass is 9.97. The van der Waals surface area contributed by atoms with E-state index >= 15 is 0 Å². The van der Waals surface area contributed by atoms with Gasteiger partial charge in [0.1, 0.15) is 102 Å². The number of esters is 8. The van der Waals surface area contributed by atoms with Crippen LogP contribution in [0.25, 0.3) is 0 Å². The second-order valence-electron chi connectivity index (χ2n) is 15.4. The highest BCUT2D eigenvalue weighted by Crippen LogP contribution is 2.41. The molecular weight excluding hydrogens is 1060 g/mol. The van der Waals surface area contributed by atoms with E-state index in [1.165, 1.54) is 0 Å². The first-order valence-electron chi connectivity index (χ1n) is 24.3. The largest absolute Gasteiger partial charge is 0.460 e. The van der Waals surface area contributed by atoms with Crippen molar-refractivity contribution in [1.82, 2.24) is 0 Å². The van der Waals surface area contributed by atoms with E-state index in [4.69, 9.17) is 90.0 Å². The average Bonchev–Trinajstić information content (AvgIpc) is 3.89. The summed E-state index contributed by atoms with van der Waals surface area (Å²) in [6.45, 7) is 20.8. The zero-order chi connectivity index (χ0) is 58.3. The molecule has 0 aromatic carbocycles. The fraction of sp³-hybridized carbons (Fsp3) is 0.538. The van der Waals surface area contributed by atoms with Crippen molar-refractivity contribution in [1.29, 1.82) is 0 Å². The van der Waals surface area contributed by atoms with Crippen LogP contribution in [0.4, 0.5) is 0 Å². The summed E-state index contributed by atoms with van der Waals surface area (Å²) < 4.78 is 111. The lowest BCUT2D eigenvalue weighted by molar-refractivity contribution is -0.396. The highest BCUT2D eigenvalue weighted by molar-refractivity contribution is 5.83. The van der Waals surface area contributed by atoms with Gasteiger partial charge >= 0.3 is 47.8 Å². The van der Waals surface area contributed by atoms with Crippen molar-refractivity contribution in [3.05, 3.63) is 101 Å². The van der Waals surface area contributed by atoms with Crippen LogP contribution in [0.1, 0.15) is 0 Å². The molecule has 0 radical (unpaired) electrons. The van der Waals surface area contributed by atoms with Gasteiger partial charge in [-0.05, 0) is 0 Å². The van der Waals surface area contributed by atoms with Crippen molar-refractivity contribution in [3.63, 3.8) is 0 Å². The Bertz CT molecular complexity index is 2020. The van der Waals surface area contributed by atoms with Gasteiger partial charge < -0.3 is 90.0 Å². The van der Waals surface area contributed by atoms with E-state index < -0.39 is 116 Å². The van der Waals surface area contributed by atoms with Gasteiger partial charge in [0.25, 0.3) is 0 Å². The van der Waals surface area contributed by atoms with Crippen LogP contribution in [0.15, 0.2) is 101 Å². The first-order chi connectivity index (χ1) is 38.1. The normalized spacial score (nSPS) is 22.1. The average molecular weight is 1130 g/mol. The Morgan fingerprint density at radius 1 is 0.342 bits per heavy atom. The Morgan fingerprint density at radius 2 is 0.646 bits per heavy atom. The van der Waals surface area contributed by atoms with Gasteiger partial charge in [-0.25, -0.2) is 38.4 Å². The van der Waals surface area contributed by atoms with E-state index in [2.05, 4.69) is 52.6 Å². The Morgan fingerprint density at radius 3 is 1.03 bits per heavy atom. The smallest absolute Gasteiger partial charge is 0.330 e. The minimum absolute atomic E-state index is 0.187. The molecule has 2 fully saturated rings. The fourth-order valence-electron chi connectivity index (χ4n) is 6.81. The summed E-state index contributed by atoms with van der Waals surface area (Å²) >= 11 is 0. The molecule has 2 aliphatic heterocycles. The fourth-order valence-corrected chi connectivity index (χ4v) is 6.81. The molecule has 0 saturated carbocycles. The van der Waals surface area contributed by atoms with Crippen molar-refractivity contribution in [2.75, 3.05) is 126 Å². The second-order valence-corrected chi connectivity index (χ2v) is 15.4. The minimum atomic E-state index is -2.29. The maximum atomic E-state index is 12.2. The van der Waals surface area contributed by atoms with Gasteiger partial charge in [0.15, 0.2) is 6.29 Å². The van der Waals surface area contributed by atoms with Crippen LogP contribution in [-0.4, -0.2) is 228 Å². The van der Waals surface area contributed by atoms with Crippen molar-refractivity contribution < 1.29 is 128 Å². The molecule has 2 aliphatic rings. The van der Waals surface area contributed by atoms with Gasteiger partial charge in [-0.15, -0.1) is 0 Å². The quantitative estimate of drug-likeness (QED) is 0.0349. The van der Waals surface area contributed by atoms with Gasteiger partial charge in [-0.2, -0.15) is 0 Å². The third kappa shape index (κ3) is 26.6. The lowest BCUT2D eigenvalue weighted by Gasteiger charge is -2.48. The maximum Gasteiger partial charge on any atom is 0.330 e. The molecule has 0 amide bonds. The summed E-state index contributed by atoms with van der Waals surface area (Å²) in [7, 11) is 0. The highest BCUT2D eigenvalue weighted by Gasteiger charge is 2.62. The number of rotatable bonds is 45. The maximum absolute atomic E-state index is 12.2. The van der Waals surface area contributed by atoms with Crippen LogP contribution in [0.2, 0.25) is 0 Å². The van der Waals surface area contributed by atoms with Crippen molar-refractivity contribution in [2.24, 2.45) is 0 Å². The molecule has 0 aromatic rings. The van der Waals surface area contributed by atoms with Crippen LogP contribution in [0.3, 0.4) is 0 Å². The van der Waals surface area contributed by atoms with Crippen LogP contribution < -0.4 is 0 Å². The predicted molar refractivity (Wildman–Crippen MR) is 268 cm³/mol. The first-order valence-corrected chi connectivity index (χ1v) is 24.3. The summed E-state index contributed by atoms with van der Waals surface area (Å²) in [6.07, 6.45) is -3.76. The van der Waals surface area contributed by atoms with E-state index in [1.807, 2.05) is 0 Å². The van der Waals surface area contributed by atoms with Gasteiger partial charge in [-0.1, -0.05) is 52.6 Å². The van der Waals surface area contributed by atoms with E-state index in [1.54, 1.807) is 0 Å². The molecule has 27 heteroatoms. The van der Waals surface area contributed by atoms with Gasteiger partial charge in [0, 0.05) is 48.6 Å². The summed E-state index contributed by atoms with van der Waals surface area (Å²) in [4.78, 5) is 96.3. The molecule has 9 unspecified atom stereocenters. The zero-order valence-electron chi connectivity index (χ0n) is 43.9. The standard InChI is InChI=1S/C52H70O27/c1-9-38(53)64-20-17-61-33-36-46(72-28-23-67-41(56)12-4)48(74-30-25-69-43(58)14-6)49(75-31-26-70-44(59)15-7)51(77-36)79-52(35-63-19-22-66-40(55)11-3)50(76-32-27-71-45(60)16-8)47(73-29-24-68-42(57)13-5)37(78-52)34-62-18-21-65-39(54)10-2/h9-16,36-37,46-51H,1-8,17-35H2. The molecule has 79 heavy (non-hydrogen) atoms. The predicted octanol–water partition coefficient (Wildman–Crippen LogP) is 0.632. The van der Waals surface area contributed by atoms with E-state index in [-0.39, 0.29) is 112 Å². The molecule has 0 aromatic heterocycles. The lowest BCUT2D eigenvalue weighted by Crippen LogP contribution is -2.65. The Hall–Kier alpha value is -6.76. The zero-order valence-corrected chi connectivity index (χ0v) is 43.9. The molecule has 2 saturated heterocycles. The summed E-state index contributed by atoms with van der Waals surface area (Å²) in [5.74, 6) is -8.45. The monoisotopic (exact) mass is 1130 g/mol. The van der Waals surface area contributed by atoms with Gasteiger partial charge in [-0.3, -0.25) is 0 Å². The molecule has 0 spiro atoms. The molecule has 27 nitrogen and oxygen atoms in total. The second kappa shape index (κ2) is 40.4. The van der Waals surface area contributed by atoms with Crippen LogP contribution in [0, 0.1) is 0 Å². The summed E-state index contributed by atoms with van der Waals surface area (Å²) in [5, 5.41) is 0. The Balaban J connectivity index is 2.96. The van der Waals surface area contributed by atoms with Crippen molar-refractivity contribution in [3.8, 4) is 0 Å². The van der Waals surface area contributed by atoms with Crippen LogP contribution in [-0.2, 0) is 128 Å². The Kier molecular flexibility index (Phi) is 35.0. The molecular formula is C52H70O27. The molecule has 440 valence electrons. The molecule has 2 rings (SSSR count). The number of hydrogen-bond donors (Lipinski definition) is 0. The summed E-state index contributed by atoms with van der Waals surface area (Å²) in [6, 6.07) is 0. The number of carbonyl (C=O) groups is 8. The number of ether oxygens (including phenoxy) is 19. The SMILES string of the molecule is C=CC(=O)OCCOCC1OC(OC2(COCCOC(=O)C=C)OC(COCCOC(=O)C=C)C(OCCOC(=O)C=C)C2OCCOC(=O)C=C)C(OCCOC(=O)C=C)C(OCCOC(=O)C=C)C1OCCOC(=O)C=C. The van der Waals surface area contributed by atoms with Crippen LogP contribution >= 0.6 is 0 Å². The Labute approximate surface area is 456 Å². The van der Waals surface area contributed by atoms with Gasteiger partial charge in [0.2, 0.25) is 5.79 Å². The van der Waals surface area contributed by atoms with E-state index in [0.29, 0.717) is 0 Å². The topological polar surface area (TPSA) is 312 Å². The number of carbonyl (C=O) groups excluding carboxylic acids is 8. The number of hydrogen-bond acceptors (Lipinski definition) is 27.